The van der Waals surface area contributed by atoms with Crippen LogP contribution in [0.4, 0.5) is 5.69 Å². The second kappa shape index (κ2) is 12.0. The number of hydrogen-bond acceptors (Lipinski definition) is 8. The van der Waals surface area contributed by atoms with Crippen LogP contribution in [0.1, 0.15) is 36.6 Å². The van der Waals surface area contributed by atoms with E-state index in [0.717, 1.165) is 5.56 Å². The third kappa shape index (κ3) is 5.14. The Morgan fingerprint density at radius 1 is 0.850 bits per heavy atom. The quantitative estimate of drug-likeness (QED) is 0.203. The van der Waals surface area contributed by atoms with Gasteiger partial charge in [0.05, 0.1) is 51.7 Å². The lowest BCUT2D eigenvalue weighted by Crippen LogP contribution is -2.29. The van der Waals surface area contributed by atoms with Crippen LogP contribution >= 0.6 is 0 Å². The van der Waals surface area contributed by atoms with Gasteiger partial charge in [-0.1, -0.05) is 12.1 Å². The molecule has 1 N–H and O–H groups in total. The summed E-state index contributed by atoms with van der Waals surface area (Å²) in [5, 5.41) is 11.7. The highest BCUT2D eigenvalue weighted by atomic mass is 16.5. The summed E-state index contributed by atoms with van der Waals surface area (Å²) < 4.78 is 28.0. The topological polar surface area (TPSA) is 104 Å². The van der Waals surface area contributed by atoms with Gasteiger partial charge in [-0.2, -0.15) is 0 Å². The van der Waals surface area contributed by atoms with Crippen molar-refractivity contribution in [2.75, 3.05) is 39.4 Å². The molecular formula is C31H33NO8. The first-order valence-corrected chi connectivity index (χ1v) is 12.9. The van der Waals surface area contributed by atoms with Gasteiger partial charge in [-0.3, -0.25) is 14.5 Å². The molecule has 1 saturated heterocycles. The number of Topliss-reactive ketones (excluding diaryl/α,β-unsaturated/α-hetero) is 1. The van der Waals surface area contributed by atoms with Crippen LogP contribution < -0.4 is 28.6 Å². The van der Waals surface area contributed by atoms with Crippen molar-refractivity contribution in [2.24, 2.45) is 0 Å². The number of hydrogen-bond donors (Lipinski definition) is 1. The first-order chi connectivity index (χ1) is 19.3. The monoisotopic (exact) mass is 547 g/mol. The highest BCUT2D eigenvalue weighted by Crippen LogP contribution is 2.48. The molecule has 3 aromatic carbocycles. The average Bonchev–Trinajstić information content (AvgIpc) is 3.22. The smallest absolute Gasteiger partial charge is 0.300 e. The van der Waals surface area contributed by atoms with E-state index in [9.17, 15) is 14.7 Å². The Morgan fingerprint density at radius 3 is 2.10 bits per heavy atom. The third-order valence-corrected chi connectivity index (χ3v) is 6.55. The number of carbonyl (C=O) groups excluding carboxylic acids is 2. The summed E-state index contributed by atoms with van der Waals surface area (Å²) in [7, 11) is 4.44. The van der Waals surface area contributed by atoms with E-state index in [1.807, 2.05) is 26.8 Å². The minimum atomic E-state index is -1.02. The molecule has 1 heterocycles. The lowest BCUT2D eigenvalue weighted by atomic mass is 9.94. The predicted molar refractivity (Wildman–Crippen MR) is 151 cm³/mol. The molecule has 210 valence electrons. The second-order valence-corrected chi connectivity index (χ2v) is 8.99. The Balaban J connectivity index is 2.02. The normalized spacial score (nSPS) is 16.1. The van der Waals surface area contributed by atoms with Gasteiger partial charge in [0.2, 0.25) is 5.75 Å². The molecule has 1 aliphatic rings. The molecule has 3 aromatic rings. The van der Waals surface area contributed by atoms with Crippen LogP contribution in [0.2, 0.25) is 0 Å². The number of benzene rings is 3. The van der Waals surface area contributed by atoms with E-state index < -0.39 is 17.7 Å². The molecule has 0 aromatic heterocycles. The van der Waals surface area contributed by atoms with Gasteiger partial charge in [0.1, 0.15) is 17.3 Å². The van der Waals surface area contributed by atoms with Crippen LogP contribution in [-0.2, 0) is 9.59 Å². The molecule has 1 unspecified atom stereocenters. The molecule has 9 heteroatoms. The first kappa shape index (κ1) is 28.4. The van der Waals surface area contributed by atoms with Crippen molar-refractivity contribution in [3.8, 4) is 28.7 Å². The van der Waals surface area contributed by atoms with E-state index in [1.165, 1.54) is 26.2 Å². The maximum Gasteiger partial charge on any atom is 0.300 e. The Labute approximate surface area is 233 Å². The molecular weight excluding hydrogens is 514 g/mol. The zero-order valence-electron chi connectivity index (χ0n) is 23.4. The number of rotatable bonds is 10. The summed E-state index contributed by atoms with van der Waals surface area (Å²) in [4.78, 5) is 28.7. The summed E-state index contributed by atoms with van der Waals surface area (Å²) in [6, 6.07) is 14.5. The fourth-order valence-electron chi connectivity index (χ4n) is 4.83. The molecule has 1 atom stereocenters. The molecule has 1 fully saturated rings. The highest BCUT2D eigenvalue weighted by molar-refractivity contribution is 6.51. The van der Waals surface area contributed by atoms with Gasteiger partial charge < -0.3 is 28.8 Å². The molecule has 0 aliphatic carbocycles. The Bertz CT molecular complexity index is 1440. The average molecular weight is 548 g/mol. The Morgan fingerprint density at radius 2 is 1.52 bits per heavy atom. The number of carbonyl (C=O) groups is 2. The minimum absolute atomic E-state index is 0.106. The summed E-state index contributed by atoms with van der Waals surface area (Å²) in [6.45, 7) is 6.31. The van der Waals surface area contributed by atoms with Crippen molar-refractivity contribution >= 4 is 23.1 Å². The number of anilines is 1. The van der Waals surface area contributed by atoms with Crippen LogP contribution in [0.3, 0.4) is 0 Å². The van der Waals surface area contributed by atoms with E-state index >= 15 is 0 Å². The fraction of sp³-hybridized carbons (Fsp3) is 0.290. The van der Waals surface area contributed by atoms with Crippen molar-refractivity contribution in [3.63, 3.8) is 0 Å². The number of aliphatic hydroxyl groups excluding tert-OH is 1. The number of methoxy groups -OCH3 is 3. The number of aryl methyl sites for hydroxylation is 1. The zero-order chi connectivity index (χ0) is 29.0. The lowest BCUT2D eigenvalue weighted by Gasteiger charge is -2.27. The molecule has 1 amide bonds. The van der Waals surface area contributed by atoms with Crippen molar-refractivity contribution in [2.45, 2.75) is 26.8 Å². The standard InChI is InChI=1S/C31H33NO8/c1-7-39-21-12-13-22(23(17-21)40-8-2)28(33)26-27(19-15-24(36-4)30(38-6)25(16-19)37-5)32(31(35)29(26)34)20-11-9-10-18(3)14-20/h9-17,27,33H,7-8H2,1-6H3/b28-26+. The van der Waals surface area contributed by atoms with Crippen LogP contribution in [0, 0.1) is 6.92 Å². The molecule has 0 bridgehead atoms. The lowest BCUT2D eigenvalue weighted by molar-refractivity contribution is -0.132. The van der Waals surface area contributed by atoms with Crippen molar-refractivity contribution in [1.82, 2.24) is 0 Å². The van der Waals surface area contributed by atoms with Crippen LogP contribution in [0.15, 0.2) is 60.2 Å². The van der Waals surface area contributed by atoms with Crippen molar-refractivity contribution < 1.29 is 38.4 Å². The molecule has 0 spiro atoms. The Kier molecular flexibility index (Phi) is 8.52. The number of amides is 1. The SMILES string of the molecule is CCOc1ccc(/C(O)=C2\C(=O)C(=O)N(c3cccc(C)c3)C2c2cc(OC)c(OC)c(OC)c2)c(OCC)c1. The van der Waals surface area contributed by atoms with Crippen LogP contribution in [0.5, 0.6) is 28.7 Å². The van der Waals surface area contributed by atoms with Gasteiger partial charge in [-0.15, -0.1) is 0 Å². The summed E-state index contributed by atoms with van der Waals surface area (Å²) in [5.74, 6) is -0.111. The maximum absolute atomic E-state index is 13.7. The molecule has 1 aliphatic heterocycles. The summed E-state index contributed by atoms with van der Waals surface area (Å²) >= 11 is 0. The molecule has 4 rings (SSSR count). The van der Waals surface area contributed by atoms with Crippen LogP contribution in [0.25, 0.3) is 5.76 Å². The van der Waals surface area contributed by atoms with E-state index in [0.29, 0.717) is 53.2 Å². The minimum Gasteiger partial charge on any atom is -0.507 e. The summed E-state index contributed by atoms with van der Waals surface area (Å²) in [5.41, 5.74) is 2.02. The van der Waals surface area contributed by atoms with E-state index in [-0.39, 0.29) is 16.9 Å². The van der Waals surface area contributed by atoms with E-state index in [4.69, 9.17) is 23.7 Å². The first-order valence-electron chi connectivity index (χ1n) is 12.9. The molecule has 40 heavy (non-hydrogen) atoms. The predicted octanol–water partition coefficient (Wildman–Crippen LogP) is 5.44. The van der Waals surface area contributed by atoms with Gasteiger partial charge in [-0.05, 0) is 68.3 Å². The van der Waals surface area contributed by atoms with Gasteiger partial charge in [0, 0.05) is 11.8 Å². The number of aliphatic hydroxyl groups is 1. The maximum atomic E-state index is 13.7. The molecule has 9 nitrogen and oxygen atoms in total. The second-order valence-electron chi connectivity index (χ2n) is 8.99. The zero-order valence-corrected chi connectivity index (χ0v) is 23.4. The number of ketones is 1. The molecule has 0 radical (unpaired) electrons. The van der Waals surface area contributed by atoms with E-state index in [1.54, 1.807) is 48.5 Å². The van der Waals surface area contributed by atoms with Crippen molar-refractivity contribution in [1.29, 1.82) is 0 Å². The molecule has 0 saturated carbocycles. The van der Waals surface area contributed by atoms with Crippen LogP contribution in [-0.4, -0.2) is 51.3 Å². The van der Waals surface area contributed by atoms with E-state index in [2.05, 4.69) is 0 Å². The van der Waals surface area contributed by atoms with Crippen molar-refractivity contribution in [3.05, 3.63) is 76.9 Å². The number of ether oxygens (including phenoxy) is 5. The highest BCUT2D eigenvalue weighted by Gasteiger charge is 2.47. The Hall–Kier alpha value is -4.66. The fourth-order valence-corrected chi connectivity index (χ4v) is 4.83. The third-order valence-electron chi connectivity index (χ3n) is 6.55. The largest absolute Gasteiger partial charge is 0.507 e. The summed E-state index contributed by atoms with van der Waals surface area (Å²) in [6.07, 6.45) is 0. The van der Waals surface area contributed by atoms with Gasteiger partial charge in [-0.25, -0.2) is 0 Å². The van der Waals surface area contributed by atoms with Gasteiger partial charge in [0.15, 0.2) is 11.5 Å². The van der Waals surface area contributed by atoms with Gasteiger partial charge >= 0.3 is 0 Å². The van der Waals surface area contributed by atoms with Gasteiger partial charge in [0.25, 0.3) is 11.7 Å². The number of nitrogens with zero attached hydrogens (tertiary/aromatic N) is 1.